The first-order chi connectivity index (χ1) is 10.4. The lowest BCUT2D eigenvalue weighted by Gasteiger charge is -2.15. The van der Waals surface area contributed by atoms with Crippen molar-refractivity contribution in [3.63, 3.8) is 0 Å². The van der Waals surface area contributed by atoms with Gasteiger partial charge in [-0.05, 0) is 24.4 Å². The maximum Gasteiger partial charge on any atom is 0.320 e. The number of rotatable bonds is 7. The van der Waals surface area contributed by atoms with E-state index in [9.17, 15) is 13.2 Å². The van der Waals surface area contributed by atoms with Gasteiger partial charge < -0.3 is 4.74 Å². The van der Waals surface area contributed by atoms with Gasteiger partial charge in [0.25, 0.3) is 10.1 Å². The van der Waals surface area contributed by atoms with Gasteiger partial charge in [0.05, 0.1) is 19.4 Å². The van der Waals surface area contributed by atoms with Gasteiger partial charge in [-0.2, -0.15) is 8.42 Å². The Balaban J connectivity index is 1.67. The molecule has 1 aromatic carbocycles. The summed E-state index contributed by atoms with van der Waals surface area (Å²) in [6.07, 6.45) is 1.86. The Bertz CT molecular complexity index is 587. The number of nitrogens with zero attached hydrogens (tertiary/aromatic N) is 1. The van der Waals surface area contributed by atoms with Crippen molar-refractivity contribution in [1.29, 1.82) is 0 Å². The second-order valence-electron chi connectivity index (χ2n) is 5.52. The molecule has 0 amide bonds. The summed E-state index contributed by atoms with van der Waals surface area (Å²) < 4.78 is 31.9. The molecule has 2 rings (SSSR count). The molecule has 122 valence electrons. The van der Waals surface area contributed by atoms with Crippen molar-refractivity contribution >= 4 is 16.1 Å². The second kappa shape index (κ2) is 7.71. The first kappa shape index (κ1) is 16.9. The molecule has 1 saturated heterocycles. The molecule has 0 radical (unpaired) electrons. The van der Waals surface area contributed by atoms with Gasteiger partial charge >= 0.3 is 5.97 Å². The lowest BCUT2D eigenvalue weighted by atomic mass is 10.1. The summed E-state index contributed by atoms with van der Waals surface area (Å²) >= 11 is 0. The van der Waals surface area contributed by atoms with Crippen LogP contribution in [0.1, 0.15) is 12.0 Å². The third-order valence-corrected chi connectivity index (χ3v) is 4.05. The second-order valence-corrected chi connectivity index (χ2v) is 7.17. The Morgan fingerprint density at radius 2 is 2.05 bits per heavy atom. The highest BCUT2D eigenvalue weighted by molar-refractivity contribution is 7.85. The Morgan fingerprint density at radius 1 is 1.32 bits per heavy atom. The van der Waals surface area contributed by atoms with Crippen LogP contribution in [0.25, 0.3) is 0 Å². The third kappa shape index (κ3) is 6.13. The zero-order valence-electron chi connectivity index (χ0n) is 12.6. The minimum Gasteiger partial charge on any atom is -0.460 e. The predicted molar refractivity (Wildman–Crippen MR) is 81.6 cm³/mol. The Hall–Kier alpha value is -1.44. The van der Waals surface area contributed by atoms with Crippen LogP contribution in [0.4, 0.5) is 0 Å². The summed E-state index contributed by atoms with van der Waals surface area (Å²) in [5, 5.41) is 0. The summed E-state index contributed by atoms with van der Waals surface area (Å²) in [5.74, 6) is -0.134. The molecule has 1 fully saturated rings. The van der Waals surface area contributed by atoms with E-state index >= 15 is 0 Å². The van der Waals surface area contributed by atoms with Gasteiger partial charge in [-0.1, -0.05) is 30.3 Å². The summed E-state index contributed by atoms with van der Waals surface area (Å²) in [6.45, 7) is 2.07. The molecule has 0 aliphatic carbocycles. The lowest BCUT2D eigenvalue weighted by molar-refractivity contribution is -0.146. The van der Waals surface area contributed by atoms with Crippen LogP contribution in [-0.4, -0.2) is 51.8 Å². The molecule has 0 bridgehead atoms. The third-order valence-electron chi connectivity index (χ3n) is 3.48. The minimum atomic E-state index is -3.40. The van der Waals surface area contributed by atoms with Crippen LogP contribution in [0.3, 0.4) is 0 Å². The van der Waals surface area contributed by atoms with Crippen molar-refractivity contribution in [2.24, 2.45) is 5.92 Å². The highest BCUT2D eigenvalue weighted by atomic mass is 32.2. The molecule has 7 heteroatoms. The molecular formula is C15H21NO5S. The van der Waals surface area contributed by atoms with Crippen molar-refractivity contribution in [1.82, 2.24) is 4.90 Å². The molecule has 6 nitrogen and oxygen atoms in total. The van der Waals surface area contributed by atoms with E-state index < -0.39 is 10.1 Å². The summed E-state index contributed by atoms with van der Waals surface area (Å²) in [6, 6.07) is 9.52. The predicted octanol–water partition coefficient (Wildman–Crippen LogP) is 1.03. The largest absolute Gasteiger partial charge is 0.460 e. The van der Waals surface area contributed by atoms with E-state index in [4.69, 9.17) is 8.92 Å². The van der Waals surface area contributed by atoms with E-state index in [2.05, 4.69) is 0 Å². The molecular weight excluding hydrogens is 306 g/mol. The van der Waals surface area contributed by atoms with Crippen LogP contribution in [0, 0.1) is 5.92 Å². The molecule has 0 spiro atoms. The molecule has 0 aromatic heterocycles. The molecule has 0 unspecified atom stereocenters. The Kier molecular flexibility index (Phi) is 5.93. The number of benzene rings is 1. The fraction of sp³-hybridized carbons (Fsp3) is 0.533. The van der Waals surface area contributed by atoms with E-state index in [1.165, 1.54) is 0 Å². The topological polar surface area (TPSA) is 72.9 Å². The monoisotopic (exact) mass is 327 g/mol. The van der Waals surface area contributed by atoms with Crippen LogP contribution >= 0.6 is 0 Å². The number of likely N-dealkylation sites (tertiary alicyclic amines) is 1. The zero-order valence-corrected chi connectivity index (χ0v) is 13.4. The van der Waals surface area contributed by atoms with Gasteiger partial charge in [0, 0.05) is 6.54 Å². The highest BCUT2D eigenvalue weighted by Gasteiger charge is 2.25. The van der Waals surface area contributed by atoms with E-state index in [1.54, 1.807) is 0 Å². The number of carbonyl (C=O) groups excluding carboxylic acids is 1. The molecule has 22 heavy (non-hydrogen) atoms. The van der Waals surface area contributed by atoms with Gasteiger partial charge in [0.15, 0.2) is 0 Å². The molecule has 0 N–H and O–H groups in total. The number of carbonyl (C=O) groups is 1. The lowest BCUT2D eigenvalue weighted by Crippen LogP contribution is -2.29. The van der Waals surface area contributed by atoms with Crippen LogP contribution in [-0.2, 0) is 30.4 Å². The van der Waals surface area contributed by atoms with Crippen molar-refractivity contribution < 1.29 is 22.1 Å². The van der Waals surface area contributed by atoms with Crippen molar-refractivity contribution in [3.05, 3.63) is 35.9 Å². The highest BCUT2D eigenvalue weighted by Crippen LogP contribution is 2.17. The van der Waals surface area contributed by atoms with Crippen molar-refractivity contribution in [2.45, 2.75) is 13.0 Å². The van der Waals surface area contributed by atoms with Gasteiger partial charge in [-0.15, -0.1) is 0 Å². The average Bonchev–Trinajstić information content (AvgIpc) is 2.91. The molecule has 0 saturated carbocycles. The molecule has 1 atom stereocenters. The molecule has 1 aliphatic rings. The molecule has 1 heterocycles. The number of ether oxygens (including phenoxy) is 1. The number of esters is 1. The SMILES string of the molecule is CS(=O)(=O)OC[C@@H]1CCN(CC(=O)OCc2ccccc2)C1. The maximum absolute atomic E-state index is 11.8. The van der Waals surface area contributed by atoms with Gasteiger partial charge in [-0.25, -0.2) is 0 Å². The Morgan fingerprint density at radius 3 is 2.73 bits per heavy atom. The zero-order chi connectivity index (χ0) is 16.0. The number of hydrogen-bond donors (Lipinski definition) is 0. The summed E-state index contributed by atoms with van der Waals surface area (Å²) in [5.41, 5.74) is 0.955. The van der Waals surface area contributed by atoms with Crippen LogP contribution in [0.2, 0.25) is 0 Å². The quantitative estimate of drug-likeness (QED) is 0.550. The van der Waals surface area contributed by atoms with E-state index in [-0.39, 0.29) is 31.6 Å². The average molecular weight is 327 g/mol. The van der Waals surface area contributed by atoms with Crippen LogP contribution in [0.5, 0.6) is 0 Å². The first-order valence-electron chi connectivity index (χ1n) is 7.19. The van der Waals surface area contributed by atoms with Crippen molar-refractivity contribution in [3.8, 4) is 0 Å². The fourth-order valence-electron chi connectivity index (χ4n) is 2.38. The standard InChI is InChI=1S/C15H21NO5S/c1-22(18,19)21-12-14-7-8-16(9-14)10-15(17)20-11-13-5-3-2-4-6-13/h2-6,14H,7-12H2,1H3/t14-/m1/s1. The number of hydrogen-bond acceptors (Lipinski definition) is 6. The summed E-state index contributed by atoms with van der Waals surface area (Å²) in [7, 11) is -3.40. The van der Waals surface area contributed by atoms with Gasteiger partial charge in [-0.3, -0.25) is 13.9 Å². The van der Waals surface area contributed by atoms with Crippen LogP contribution in [0.15, 0.2) is 30.3 Å². The van der Waals surface area contributed by atoms with Gasteiger partial charge in [0.1, 0.15) is 6.61 Å². The fourth-order valence-corrected chi connectivity index (χ4v) is 2.82. The molecule has 1 aliphatic heterocycles. The molecule has 1 aromatic rings. The smallest absolute Gasteiger partial charge is 0.320 e. The van der Waals surface area contributed by atoms with Crippen LogP contribution < -0.4 is 0 Å². The first-order valence-corrected chi connectivity index (χ1v) is 9.00. The Labute approximate surface area is 131 Å². The minimum absolute atomic E-state index is 0.136. The van der Waals surface area contributed by atoms with E-state index in [1.807, 2.05) is 35.2 Å². The van der Waals surface area contributed by atoms with E-state index in [0.717, 1.165) is 24.8 Å². The maximum atomic E-state index is 11.8. The summed E-state index contributed by atoms with van der Waals surface area (Å²) in [4.78, 5) is 13.8. The van der Waals surface area contributed by atoms with Crippen molar-refractivity contribution in [2.75, 3.05) is 32.5 Å². The normalized spacial score (nSPS) is 19.2. The van der Waals surface area contributed by atoms with E-state index in [0.29, 0.717) is 6.54 Å². The van der Waals surface area contributed by atoms with Gasteiger partial charge in [0.2, 0.25) is 0 Å².